The Kier molecular flexibility index (Phi) is 6.84. The third-order valence-corrected chi connectivity index (χ3v) is 5.61. The number of anilines is 1. The van der Waals surface area contributed by atoms with Crippen LogP contribution in [0.15, 0.2) is 67.0 Å². The van der Waals surface area contributed by atoms with Gasteiger partial charge in [0, 0.05) is 19.2 Å². The molecule has 1 aliphatic rings. The van der Waals surface area contributed by atoms with Gasteiger partial charge in [0.15, 0.2) is 6.10 Å². The smallest absolute Gasteiger partial charge is 0.407 e. The number of carboxylic acid groups (broad SMARTS) is 1. The number of amides is 2. The number of hydrogen-bond acceptors (Lipinski definition) is 6. The largest absolute Gasteiger partial charge is 0.478 e. The summed E-state index contributed by atoms with van der Waals surface area (Å²) >= 11 is 0. The Hall–Kier alpha value is -4.24. The van der Waals surface area contributed by atoms with Crippen molar-refractivity contribution in [2.75, 3.05) is 25.6 Å². The fourth-order valence-electron chi connectivity index (χ4n) is 3.96. The van der Waals surface area contributed by atoms with Crippen LogP contribution in [0.25, 0.3) is 11.1 Å². The number of nitrogens with one attached hydrogen (secondary N) is 2. The summed E-state index contributed by atoms with van der Waals surface area (Å²) in [6.45, 7) is 0.0163. The summed E-state index contributed by atoms with van der Waals surface area (Å²) in [4.78, 5) is 39.7. The minimum absolute atomic E-state index is 0.0662. The van der Waals surface area contributed by atoms with Crippen LogP contribution >= 0.6 is 0 Å². The molecular formula is C25H23N3O6. The van der Waals surface area contributed by atoms with Crippen LogP contribution in [0.4, 0.5) is 10.5 Å². The van der Waals surface area contributed by atoms with Crippen molar-refractivity contribution in [2.24, 2.45) is 0 Å². The Morgan fingerprint density at radius 1 is 1.03 bits per heavy atom. The molecule has 0 saturated carbocycles. The molecule has 9 heteroatoms. The summed E-state index contributed by atoms with van der Waals surface area (Å²) in [6.07, 6.45) is 0.792. The first kappa shape index (κ1) is 22.9. The normalized spacial score (nSPS) is 12.9. The molecule has 4 rings (SSSR count). The fraction of sp³-hybridized carbons (Fsp3) is 0.200. The van der Waals surface area contributed by atoms with Gasteiger partial charge < -0.3 is 25.2 Å². The van der Waals surface area contributed by atoms with Gasteiger partial charge in [-0.15, -0.1) is 0 Å². The molecule has 2 amide bonds. The van der Waals surface area contributed by atoms with E-state index in [1.165, 1.54) is 25.6 Å². The lowest BCUT2D eigenvalue weighted by molar-refractivity contribution is -0.125. The van der Waals surface area contributed by atoms with Gasteiger partial charge in [-0.1, -0.05) is 48.5 Å². The van der Waals surface area contributed by atoms with E-state index in [1.54, 1.807) is 0 Å². The van der Waals surface area contributed by atoms with Crippen molar-refractivity contribution in [1.29, 1.82) is 0 Å². The number of ether oxygens (including phenoxy) is 2. The summed E-state index contributed by atoms with van der Waals surface area (Å²) in [5.74, 6) is -1.80. The zero-order valence-electron chi connectivity index (χ0n) is 18.4. The maximum Gasteiger partial charge on any atom is 0.407 e. The number of carbonyl (C=O) groups is 3. The fourth-order valence-corrected chi connectivity index (χ4v) is 3.96. The minimum Gasteiger partial charge on any atom is -0.478 e. The summed E-state index contributed by atoms with van der Waals surface area (Å²) in [5, 5.41) is 14.1. The highest BCUT2D eigenvalue weighted by Crippen LogP contribution is 2.44. The molecule has 1 heterocycles. The maximum atomic E-state index is 12.5. The van der Waals surface area contributed by atoms with Crippen molar-refractivity contribution >= 4 is 23.7 Å². The van der Waals surface area contributed by atoms with Crippen molar-refractivity contribution in [2.45, 2.75) is 12.0 Å². The number of benzene rings is 2. The number of pyridine rings is 1. The first-order valence-electron chi connectivity index (χ1n) is 10.6. The predicted octanol–water partition coefficient (Wildman–Crippen LogP) is 3.27. The van der Waals surface area contributed by atoms with Gasteiger partial charge in [0.25, 0.3) is 5.91 Å². The first-order valence-corrected chi connectivity index (χ1v) is 10.6. The molecule has 0 saturated heterocycles. The molecule has 9 nitrogen and oxygen atoms in total. The highest BCUT2D eigenvalue weighted by atomic mass is 16.5. The Balaban J connectivity index is 1.32. The van der Waals surface area contributed by atoms with Gasteiger partial charge in [-0.3, -0.25) is 9.78 Å². The molecule has 3 N–H and O–H groups in total. The molecule has 1 aromatic heterocycles. The standard InChI is InChI=1S/C25H23N3O6/c1-33-22(23(29)28-16-10-15(24(30)31)11-26-12-16)13-27-25(32)34-14-21-19-8-4-2-6-17(19)18-7-3-5-9-20(18)21/h2-12,21-22H,13-14H2,1H3,(H,27,32)(H,28,29)(H,30,31). The van der Waals surface area contributed by atoms with E-state index < -0.39 is 24.1 Å². The highest BCUT2D eigenvalue weighted by Gasteiger charge is 2.29. The first-order chi connectivity index (χ1) is 16.5. The molecule has 0 bridgehead atoms. The number of rotatable bonds is 8. The van der Waals surface area contributed by atoms with Crippen LogP contribution in [0.3, 0.4) is 0 Å². The number of hydrogen-bond donors (Lipinski definition) is 3. The number of carboxylic acids is 1. The zero-order chi connectivity index (χ0) is 24.1. The van der Waals surface area contributed by atoms with Gasteiger partial charge in [-0.05, 0) is 28.3 Å². The van der Waals surface area contributed by atoms with E-state index >= 15 is 0 Å². The number of aromatic nitrogens is 1. The van der Waals surface area contributed by atoms with Crippen LogP contribution in [0.5, 0.6) is 0 Å². The van der Waals surface area contributed by atoms with Gasteiger partial charge in [0.05, 0.1) is 24.0 Å². The quantitative estimate of drug-likeness (QED) is 0.470. The van der Waals surface area contributed by atoms with Gasteiger partial charge in [0.1, 0.15) is 6.61 Å². The Bertz CT molecular complexity index is 1180. The average Bonchev–Trinajstić information content (AvgIpc) is 3.17. The summed E-state index contributed by atoms with van der Waals surface area (Å²) in [7, 11) is 1.33. The SMILES string of the molecule is COC(CNC(=O)OCC1c2ccccc2-c2ccccc21)C(=O)Nc1cncc(C(=O)O)c1. The van der Waals surface area contributed by atoms with Crippen molar-refractivity contribution in [3.8, 4) is 11.1 Å². The lowest BCUT2D eigenvalue weighted by atomic mass is 9.98. The van der Waals surface area contributed by atoms with Gasteiger partial charge in [-0.2, -0.15) is 0 Å². The minimum atomic E-state index is -1.16. The molecule has 34 heavy (non-hydrogen) atoms. The zero-order valence-corrected chi connectivity index (χ0v) is 18.4. The number of aromatic carboxylic acids is 1. The second-order valence-corrected chi connectivity index (χ2v) is 7.69. The summed E-state index contributed by atoms with van der Waals surface area (Å²) < 4.78 is 10.6. The molecule has 2 aromatic carbocycles. The molecular weight excluding hydrogens is 438 g/mol. The van der Waals surface area contributed by atoms with Gasteiger partial charge >= 0.3 is 12.1 Å². The summed E-state index contributed by atoms with van der Waals surface area (Å²) in [5.41, 5.74) is 4.59. The molecule has 0 aliphatic heterocycles. The van der Waals surface area contributed by atoms with E-state index in [2.05, 4.69) is 27.8 Å². The van der Waals surface area contributed by atoms with Crippen LogP contribution in [-0.2, 0) is 14.3 Å². The topological polar surface area (TPSA) is 127 Å². The van der Waals surface area contributed by atoms with Crippen LogP contribution in [0.2, 0.25) is 0 Å². The van der Waals surface area contributed by atoms with Crippen LogP contribution < -0.4 is 10.6 Å². The van der Waals surface area contributed by atoms with Gasteiger partial charge in [-0.25, -0.2) is 9.59 Å². The lowest BCUT2D eigenvalue weighted by Gasteiger charge is -2.17. The lowest BCUT2D eigenvalue weighted by Crippen LogP contribution is -2.41. The molecule has 1 unspecified atom stereocenters. The van der Waals surface area contributed by atoms with Crippen LogP contribution in [-0.4, -0.2) is 54.4 Å². The second-order valence-electron chi connectivity index (χ2n) is 7.69. The molecule has 0 radical (unpaired) electrons. The van der Waals surface area contributed by atoms with E-state index in [0.717, 1.165) is 22.3 Å². The van der Waals surface area contributed by atoms with E-state index in [9.17, 15) is 14.4 Å². The van der Waals surface area contributed by atoms with Crippen molar-refractivity contribution in [1.82, 2.24) is 10.3 Å². The Labute approximate surface area is 195 Å². The molecule has 1 aliphatic carbocycles. The molecule has 0 spiro atoms. The third kappa shape index (κ3) is 4.89. The maximum absolute atomic E-state index is 12.5. The average molecular weight is 461 g/mol. The molecule has 0 fully saturated rings. The van der Waals surface area contributed by atoms with E-state index in [1.807, 2.05) is 36.4 Å². The number of nitrogens with zero attached hydrogens (tertiary/aromatic N) is 1. The molecule has 174 valence electrons. The van der Waals surface area contributed by atoms with Crippen molar-refractivity contribution < 1.29 is 29.0 Å². The van der Waals surface area contributed by atoms with Gasteiger partial charge in [0.2, 0.25) is 0 Å². The monoisotopic (exact) mass is 461 g/mol. The molecule has 1 atom stereocenters. The molecule has 3 aromatic rings. The number of alkyl carbamates (subject to hydrolysis) is 1. The Morgan fingerprint density at radius 2 is 1.68 bits per heavy atom. The second kappa shape index (κ2) is 10.1. The highest BCUT2D eigenvalue weighted by molar-refractivity contribution is 5.96. The number of fused-ring (bicyclic) bond motifs is 3. The van der Waals surface area contributed by atoms with Crippen LogP contribution in [0, 0.1) is 0 Å². The van der Waals surface area contributed by atoms with Crippen LogP contribution in [0.1, 0.15) is 27.4 Å². The Morgan fingerprint density at radius 3 is 2.29 bits per heavy atom. The van der Waals surface area contributed by atoms with Crippen molar-refractivity contribution in [3.63, 3.8) is 0 Å². The number of carbonyl (C=O) groups excluding carboxylic acids is 2. The van der Waals surface area contributed by atoms with E-state index in [-0.39, 0.29) is 30.3 Å². The van der Waals surface area contributed by atoms with E-state index in [0.29, 0.717) is 0 Å². The number of methoxy groups -OCH3 is 1. The predicted molar refractivity (Wildman–Crippen MR) is 124 cm³/mol. The third-order valence-electron chi connectivity index (χ3n) is 5.61. The summed E-state index contributed by atoms with van der Waals surface area (Å²) in [6, 6.07) is 17.3. The van der Waals surface area contributed by atoms with Crippen molar-refractivity contribution in [3.05, 3.63) is 83.7 Å². The van der Waals surface area contributed by atoms with E-state index in [4.69, 9.17) is 14.6 Å².